The molecule has 0 rings (SSSR count). The smallest absolute Gasteiger partial charge is 0.305 e. The lowest BCUT2D eigenvalue weighted by molar-refractivity contribution is -0.143. The number of aliphatic hydroxyl groups is 2. The van der Waals surface area contributed by atoms with E-state index in [1.165, 1.54) is 289 Å². The molecule has 6 heteroatoms. The average molecular weight is 991 g/mol. The Morgan fingerprint density at radius 1 is 0.343 bits per heavy atom. The van der Waals surface area contributed by atoms with Crippen molar-refractivity contribution in [2.75, 3.05) is 13.2 Å². The van der Waals surface area contributed by atoms with Crippen LogP contribution in [-0.4, -0.2) is 47.4 Å². The summed E-state index contributed by atoms with van der Waals surface area (Å²) in [6.45, 7) is 4.98. The van der Waals surface area contributed by atoms with Crippen molar-refractivity contribution >= 4 is 11.9 Å². The van der Waals surface area contributed by atoms with E-state index in [2.05, 4.69) is 19.2 Å². The fourth-order valence-corrected chi connectivity index (χ4v) is 10.5. The summed E-state index contributed by atoms with van der Waals surface area (Å²) in [6.07, 6.45) is 71.1. The summed E-state index contributed by atoms with van der Waals surface area (Å²) >= 11 is 0. The third-order valence-corrected chi connectivity index (χ3v) is 15.4. The average Bonchev–Trinajstić information content (AvgIpc) is 3.36. The number of carbonyl (C=O) groups is 2. The maximum atomic E-state index is 12.5. The first kappa shape index (κ1) is 68.9. The molecule has 0 aromatic rings. The first-order valence-corrected chi connectivity index (χ1v) is 32.3. The van der Waals surface area contributed by atoms with Crippen molar-refractivity contribution in [3.05, 3.63) is 0 Å². The summed E-state index contributed by atoms with van der Waals surface area (Å²) in [5.74, 6) is -0.0366. The molecule has 1 amide bonds. The van der Waals surface area contributed by atoms with Crippen molar-refractivity contribution in [1.82, 2.24) is 5.32 Å². The van der Waals surface area contributed by atoms with Crippen LogP contribution in [0.3, 0.4) is 0 Å². The van der Waals surface area contributed by atoms with Crippen molar-refractivity contribution in [2.24, 2.45) is 0 Å². The van der Waals surface area contributed by atoms with Crippen molar-refractivity contribution in [2.45, 2.75) is 386 Å². The third-order valence-electron chi connectivity index (χ3n) is 15.4. The molecule has 2 atom stereocenters. The van der Waals surface area contributed by atoms with E-state index < -0.39 is 12.1 Å². The Morgan fingerprint density at radius 3 is 0.871 bits per heavy atom. The number of amides is 1. The van der Waals surface area contributed by atoms with Gasteiger partial charge in [-0.25, -0.2) is 0 Å². The van der Waals surface area contributed by atoms with Gasteiger partial charge in [0.05, 0.1) is 25.4 Å². The molecule has 3 N–H and O–H groups in total. The maximum Gasteiger partial charge on any atom is 0.305 e. The summed E-state index contributed by atoms with van der Waals surface area (Å²) in [4.78, 5) is 24.6. The minimum atomic E-state index is -0.671. The fourth-order valence-electron chi connectivity index (χ4n) is 10.5. The van der Waals surface area contributed by atoms with E-state index in [0.717, 1.165) is 51.4 Å². The van der Waals surface area contributed by atoms with Gasteiger partial charge in [-0.3, -0.25) is 9.59 Å². The van der Waals surface area contributed by atoms with Crippen molar-refractivity contribution in [3.63, 3.8) is 0 Å². The predicted molar refractivity (Wildman–Crippen MR) is 306 cm³/mol. The number of carbonyl (C=O) groups excluding carboxylic acids is 2. The molecule has 0 fully saturated rings. The number of rotatable bonds is 61. The van der Waals surface area contributed by atoms with E-state index >= 15 is 0 Å². The number of aliphatic hydroxyl groups excluding tert-OH is 2. The van der Waals surface area contributed by atoms with Gasteiger partial charge in [-0.15, -0.1) is 0 Å². The van der Waals surface area contributed by atoms with Crippen LogP contribution < -0.4 is 5.32 Å². The van der Waals surface area contributed by atoms with Crippen LogP contribution >= 0.6 is 0 Å². The quantitative estimate of drug-likeness (QED) is 0.0417. The SMILES string of the molecule is CCCCCCCCCCCCCCCCCCCCCCCCC(O)C(CO)NC(=O)CCCCCCCCCCCCCCCCOC(=O)CCCCCCCCCCCCCCCCCCC. The Hall–Kier alpha value is -1.14. The number of unbranched alkanes of at least 4 members (excludes halogenated alkanes) is 50. The lowest BCUT2D eigenvalue weighted by Gasteiger charge is -2.22. The van der Waals surface area contributed by atoms with Crippen molar-refractivity contribution in [3.8, 4) is 0 Å². The largest absolute Gasteiger partial charge is 0.466 e. The molecule has 0 aliphatic heterocycles. The van der Waals surface area contributed by atoms with Gasteiger partial charge in [0.2, 0.25) is 5.91 Å². The molecule has 0 heterocycles. The number of esters is 1. The molecule has 0 spiro atoms. The number of nitrogens with one attached hydrogen (secondary N) is 1. The Kier molecular flexibility index (Phi) is 59.4. The van der Waals surface area contributed by atoms with E-state index in [-0.39, 0.29) is 18.5 Å². The molecular weight excluding hydrogens is 863 g/mol. The fraction of sp³-hybridized carbons (Fsp3) is 0.969. The van der Waals surface area contributed by atoms with Crippen molar-refractivity contribution in [1.29, 1.82) is 0 Å². The Labute approximate surface area is 438 Å². The van der Waals surface area contributed by atoms with Gasteiger partial charge in [-0.1, -0.05) is 335 Å². The topological polar surface area (TPSA) is 95.9 Å². The number of ether oxygens (including phenoxy) is 1. The van der Waals surface area contributed by atoms with Gasteiger partial charge >= 0.3 is 5.97 Å². The standard InChI is InChI=1S/C64H127NO5/c1-3-5-7-9-11-13-15-17-19-21-22-23-24-25-27-28-32-36-40-44-48-52-56-62(67)61(60-66)65-63(68)57-53-49-45-41-37-33-30-31-35-39-43-47-51-55-59-70-64(69)58-54-50-46-42-38-34-29-26-20-18-16-14-12-10-8-6-4-2/h61-62,66-67H,3-60H2,1-2H3,(H,65,68). The highest BCUT2D eigenvalue weighted by molar-refractivity contribution is 5.76. The lowest BCUT2D eigenvalue weighted by Crippen LogP contribution is -2.45. The molecule has 0 saturated carbocycles. The molecule has 0 bridgehead atoms. The second-order valence-corrected chi connectivity index (χ2v) is 22.5. The Morgan fingerprint density at radius 2 is 0.586 bits per heavy atom. The van der Waals surface area contributed by atoms with Gasteiger partial charge < -0.3 is 20.3 Å². The highest BCUT2D eigenvalue weighted by Gasteiger charge is 2.20. The minimum absolute atomic E-state index is 0.00350. The zero-order valence-corrected chi connectivity index (χ0v) is 47.8. The zero-order chi connectivity index (χ0) is 50.7. The van der Waals surface area contributed by atoms with Gasteiger partial charge in [-0.2, -0.15) is 0 Å². The van der Waals surface area contributed by atoms with Crippen LogP contribution in [0.25, 0.3) is 0 Å². The monoisotopic (exact) mass is 990 g/mol. The molecule has 0 saturated heterocycles. The van der Waals surface area contributed by atoms with E-state index in [1.807, 2.05) is 0 Å². The first-order valence-electron chi connectivity index (χ1n) is 32.3. The summed E-state index contributed by atoms with van der Waals surface area (Å²) < 4.78 is 5.49. The van der Waals surface area contributed by atoms with E-state index in [0.29, 0.717) is 25.9 Å². The van der Waals surface area contributed by atoms with Crippen LogP contribution in [0.15, 0.2) is 0 Å². The zero-order valence-electron chi connectivity index (χ0n) is 47.8. The van der Waals surface area contributed by atoms with Gasteiger partial charge in [0, 0.05) is 12.8 Å². The van der Waals surface area contributed by atoms with Crippen molar-refractivity contribution < 1.29 is 24.5 Å². The molecule has 2 unspecified atom stereocenters. The molecule has 418 valence electrons. The molecule has 0 radical (unpaired) electrons. The summed E-state index contributed by atoms with van der Waals surface area (Å²) in [5, 5.41) is 23.4. The maximum absolute atomic E-state index is 12.5. The van der Waals surface area contributed by atoms with E-state index in [1.54, 1.807) is 0 Å². The molecule has 6 nitrogen and oxygen atoms in total. The molecule has 0 aromatic heterocycles. The van der Waals surface area contributed by atoms with Crippen LogP contribution in [0.1, 0.15) is 373 Å². The van der Waals surface area contributed by atoms with Crippen LogP contribution in [0, 0.1) is 0 Å². The second kappa shape index (κ2) is 60.4. The Balaban J connectivity index is 3.41. The third kappa shape index (κ3) is 56.2. The van der Waals surface area contributed by atoms with Crippen LogP contribution in [-0.2, 0) is 14.3 Å². The van der Waals surface area contributed by atoms with Crippen LogP contribution in [0.2, 0.25) is 0 Å². The predicted octanol–water partition coefficient (Wildman–Crippen LogP) is 20.3. The number of hydrogen-bond donors (Lipinski definition) is 3. The minimum Gasteiger partial charge on any atom is -0.466 e. The lowest BCUT2D eigenvalue weighted by atomic mass is 10.0. The molecule has 0 aliphatic carbocycles. The summed E-state index contributed by atoms with van der Waals surface area (Å²) in [6, 6.07) is -0.549. The normalized spacial score (nSPS) is 12.5. The highest BCUT2D eigenvalue weighted by Crippen LogP contribution is 2.19. The van der Waals surface area contributed by atoms with E-state index in [9.17, 15) is 19.8 Å². The van der Waals surface area contributed by atoms with Gasteiger partial charge in [0.1, 0.15) is 0 Å². The van der Waals surface area contributed by atoms with Gasteiger partial charge in [-0.05, 0) is 25.7 Å². The summed E-state index contributed by atoms with van der Waals surface area (Å²) in [7, 11) is 0. The van der Waals surface area contributed by atoms with Gasteiger partial charge in [0.15, 0.2) is 0 Å². The Bertz CT molecular complexity index is 1010. The summed E-state index contributed by atoms with van der Waals surface area (Å²) in [5.41, 5.74) is 0. The van der Waals surface area contributed by atoms with E-state index in [4.69, 9.17) is 4.74 Å². The van der Waals surface area contributed by atoms with Crippen LogP contribution in [0.5, 0.6) is 0 Å². The first-order chi connectivity index (χ1) is 34.5. The number of hydrogen-bond acceptors (Lipinski definition) is 5. The molecular formula is C64H127NO5. The highest BCUT2D eigenvalue weighted by atomic mass is 16.5. The molecule has 0 aromatic carbocycles. The van der Waals surface area contributed by atoms with Gasteiger partial charge in [0.25, 0.3) is 0 Å². The van der Waals surface area contributed by atoms with Crippen LogP contribution in [0.4, 0.5) is 0 Å². The molecule has 70 heavy (non-hydrogen) atoms. The molecule has 0 aliphatic rings. The second-order valence-electron chi connectivity index (χ2n) is 22.5.